The van der Waals surface area contributed by atoms with Crippen LogP contribution in [0.25, 0.3) is 0 Å². The van der Waals surface area contributed by atoms with E-state index in [2.05, 4.69) is 5.32 Å². The van der Waals surface area contributed by atoms with Gasteiger partial charge in [-0.25, -0.2) is 0 Å². The van der Waals surface area contributed by atoms with E-state index in [-0.39, 0.29) is 30.3 Å². The average molecular weight is 282 g/mol. The molecule has 0 spiro atoms. The van der Waals surface area contributed by atoms with Gasteiger partial charge in [-0.15, -0.1) is 24.2 Å². The van der Waals surface area contributed by atoms with E-state index in [0.29, 0.717) is 18.2 Å². The second-order valence-electron chi connectivity index (χ2n) is 3.87. The number of nitrogens with zero attached hydrogens (tertiary/aromatic N) is 2. The number of hydrogen-bond acceptors (Lipinski definition) is 4. The molecule has 7 heteroatoms. The number of nitrogens with one attached hydrogen (secondary N) is 1. The Bertz CT molecular complexity index is 278. The molecule has 1 fully saturated rings. The zero-order valence-corrected chi connectivity index (χ0v) is 12.1. The molecule has 0 aromatic rings. The highest BCUT2D eigenvalue weighted by atomic mass is 35.5. The minimum Gasteiger partial charge on any atom is -0.343 e. The molecular weight excluding hydrogens is 262 g/mol. The number of carbonyl (C=O) groups excluding carboxylic acids is 2. The lowest BCUT2D eigenvalue weighted by atomic mass is 10.2. The minimum atomic E-state index is -0.274. The minimum absolute atomic E-state index is 0. The van der Waals surface area contributed by atoms with E-state index in [1.54, 1.807) is 28.6 Å². The summed E-state index contributed by atoms with van der Waals surface area (Å²) in [7, 11) is 3.63. The lowest BCUT2D eigenvalue weighted by Crippen LogP contribution is -2.48. The van der Waals surface area contributed by atoms with E-state index >= 15 is 0 Å². The Hall–Kier alpha value is -0.460. The monoisotopic (exact) mass is 281 g/mol. The summed E-state index contributed by atoms with van der Waals surface area (Å²) < 4.78 is 0. The maximum atomic E-state index is 12.1. The van der Waals surface area contributed by atoms with Crippen LogP contribution in [-0.2, 0) is 9.59 Å². The van der Waals surface area contributed by atoms with E-state index in [9.17, 15) is 9.59 Å². The van der Waals surface area contributed by atoms with Gasteiger partial charge < -0.3 is 15.1 Å². The van der Waals surface area contributed by atoms with Crippen molar-refractivity contribution in [1.82, 2.24) is 15.1 Å². The molecule has 0 aromatic carbocycles. The van der Waals surface area contributed by atoms with Crippen molar-refractivity contribution in [2.75, 3.05) is 38.8 Å². The standard InChI is InChI=1S/C10H19N3O2S.ClH/c1-8(14)13-7-16-6-9(13)10(15)12(3)5-4-11-2;/h9,11H,4-7H2,1-3H3;1H. The Morgan fingerprint density at radius 1 is 1.53 bits per heavy atom. The fraction of sp³-hybridized carbons (Fsp3) is 0.800. The summed E-state index contributed by atoms with van der Waals surface area (Å²) in [5, 5.41) is 3.00. The molecule has 1 unspecified atom stereocenters. The van der Waals surface area contributed by atoms with Gasteiger partial charge in [-0.3, -0.25) is 9.59 Å². The van der Waals surface area contributed by atoms with Gasteiger partial charge in [-0.1, -0.05) is 0 Å². The number of hydrogen-bond donors (Lipinski definition) is 1. The molecule has 1 aliphatic rings. The zero-order valence-electron chi connectivity index (χ0n) is 10.4. The SMILES string of the molecule is CNCCN(C)C(=O)C1CSCN1C(C)=O.Cl. The smallest absolute Gasteiger partial charge is 0.246 e. The Morgan fingerprint density at radius 3 is 2.71 bits per heavy atom. The molecule has 1 atom stereocenters. The highest BCUT2D eigenvalue weighted by Gasteiger charge is 2.34. The Morgan fingerprint density at radius 2 is 2.18 bits per heavy atom. The molecule has 5 nitrogen and oxygen atoms in total. The van der Waals surface area contributed by atoms with E-state index in [1.165, 1.54) is 6.92 Å². The lowest BCUT2D eigenvalue weighted by Gasteiger charge is -2.26. The predicted molar refractivity (Wildman–Crippen MR) is 72.4 cm³/mol. The van der Waals surface area contributed by atoms with Gasteiger partial charge in [0.1, 0.15) is 6.04 Å². The van der Waals surface area contributed by atoms with Crippen molar-refractivity contribution in [3.05, 3.63) is 0 Å². The molecule has 0 saturated carbocycles. The van der Waals surface area contributed by atoms with Gasteiger partial charge in [0.05, 0.1) is 5.88 Å². The first-order valence-corrected chi connectivity index (χ1v) is 6.48. The molecule has 1 N–H and O–H groups in total. The van der Waals surface area contributed by atoms with Crippen molar-refractivity contribution >= 4 is 36.0 Å². The van der Waals surface area contributed by atoms with E-state index in [4.69, 9.17) is 0 Å². The van der Waals surface area contributed by atoms with Gasteiger partial charge in [0.15, 0.2) is 0 Å². The van der Waals surface area contributed by atoms with Gasteiger partial charge in [0.25, 0.3) is 0 Å². The number of likely N-dealkylation sites (N-methyl/N-ethyl adjacent to an activating group) is 2. The molecule has 0 bridgehead atoms. The summed E-state index contributed by atoms with van der Waals surface area (Å²) in [4.78, 5) is 26.7. The second kappa shape index (κ2) is 7.79. The molecule has 17 heavy (non-hydrogen) atoms. The van der Waals surface area contributed by atoms with E-state index in [1.807, 2.05) is 7.05 Å². The van der Waals surface area contributed by atoms with Crippen molar-refractivity contribution in [2.45, 2.75) is 13.0 Å². The molecule has 1 rings (SSSR count). The fourth-order valence-corrected chi connectivity index (χ4v) is 2.81. The van der Waals surface area contributed by atoms with Crippen molar-refractivity contribution in [1.29, 1.82) is 0 Å². The van der Waals surface area contributed by atoms with E-state index in [0.717, 1.165) is 6.54 Å². The third-order valence-electron chi connectivity index (χ3n) is 2.65. The highest BCUT2D eigenvalue weighted by Crippen LogP contribution is 2.22. The molecular formula is C10H20ClN3O2S. The van der Waals surface area contributed by atoms with Crippen LogP contribution in [0.15, 0.2) is 0 Å². The van der Waals surface area contributed by atoms with E-state index < -0.39 is 0 Å². The number of carbonyl (C=O) groups is 2. The van der Waals surface area contributed by atoms with Gasteiger partial charge >= 0.3 is 0 Å². The third kappa shape index (κ3) is 4.37. The third-order valence-corrected chi connectivity index (χ3v) is 3.66. The van der Waals surface area contributed by atoms with Crippen LogP contribution in [0.5, 0.6) is 0 Å². The van der Waals surface area contributed by atoms with Gasteiger partial charge in [0.2, 0.25) is 11.8 Å². The number of rotatable bonds is 4. The summed E-state index contributed by atoms with van der Waals surface area (Å²) in [6, 6.07) is -0.274. The fourth-order valence-electron chi connectivity index (χ4n) is 1.60. The molecule has 0 aromatic heterocycles. The van der Waals surface area contributed by atoms with Gasteiger partial charge in [-0.05, 0) is 7.05 Å². The number of halogens is 1. The average Bonchev–Trinajstić information content (AvgIpc) is 2.73. The number of amides is 2. The van der Waals surface area contributed by atoms with Crippen molar-refractivity contribution in [2.24, 2.45) is 0 Å². The van der Waals surface area contributed by atoms with Crippen molar-refractivity contribution < 1.29 is 9.59 Å². The van der Waals surface area contributed by atoms with Crippen LogP contribution in [0.1, 0.15) is 6.92 Å². The predicted octanol–water partition coefficient (Wildman–Crippen LogP) is 0.00740. The molecule has 100 valence electrons. The van der Waals surface area contributed by atoms with Crippen LogP contribution in [0.3, 0.4) is 0 Å². The second-order valence-corrected chi connectivity index (χ2v) is 4.87. The Balaban J connectivity index is 0.00000256. The molecule has 1 heterocycles. The topological polar surface area (TPSA) is 52.7 Å². The molecule has 2 amide bonds. The summed E-state index contributed by atoms with van der Waals surface area (Å²) in [5.74, 6) is 1.36. The summed E-state index contributed by atoms with van der Waals surface area (Å²) in [6.07, 6.45) is 0. The van der Waals surface area contributed by atoms with Crippen molar-refractivity contribution in [3.63, 3.8) is 0 Å². The van der Waals surface area contributed by atoms with Crippen LogP contribution in [0, 0.1) is 0 Å². The largest absolute Gasteiger partial charge is 0.343 e. The van der Waals surface area contributed by atoms with Crippen LogP contribution in [0.4, 0.5) is 0 Å². The maximum Gasteiger partial charge on any atom is 0.246 e. The molecule has 0 radical (unpaired) electrons. The Kier molecular flexibility index (Phi) is 7.58. The quantitative estimate of drug-likeness (QED) is 0.789. The Labute approximate surface area is 113 Å². The van der Waals surface area contributed by atoms with Gasteiger partial charge in [-0.2, -0.15) is 0 Å². The summed E-state index contributed by atoms with van der Waals surface area (Å²) >= 11 is 1.63. The highest BCUT2D eigenvalue weighted by molar-refractivity contribution is 7.99. The normalized spacial score (nSPS) is 18.8. The maximum absolute atomic E-state index is 12.1. The van der Waals surface area contributed by atoms with Crippen molar-refractivity contribution in [3.8, 4) is 0 Å². The first kappa shape index (κ1) is 16.5. The number of thioether (sulfide) groups is 1. The molecule has 1 saturated heterocycles. The first-order chi connectivity index (χ1) is 7.57. The summed E-state index contributed by atoms with van der Waals surface area (Å²) in [5.41, 5.74) is 0. The molecule has 1 aliphatic heterocycles. The lowest BCUT2D eigenvalue weighted by molar-refractivity contribution is -0.141. The zero-order chi connectivity index (χ0) is 12.1. The van der Waals surface area contributed by atoms with Crippen LogP contribution >= 0.6 is 24.2 Å². The molecule has 0 aliphatic carbocycles. The first-order valence-electron chi connectivity index (χ1n) is 5.32. The van der Waals surface area contributed by atoms with Crippen LogP contribution in [0.2, 0.25) is 0 Å². The van der Waals surface area contributed by atoms with Gasteiger partial charge in [0, 0.05) is 32.8 Å². The summed E-state index contributed by atoms with van der Waals surface area (Å²) in [6.45, 7) is 2.95. The van der Waals surface area contributed by atoms with Crippen LogP contribution in [-0.4, -0.2) is 66.5 Å². The van der Waals surface area contributed by atoms with Crippen LogP contribution < -0.4 is 5.32 Å².